The zero-order chi connectivity index (χ0) is 17.4. The second-order valence-corrected chi connectivity index (χ2v) is 6.36. The number of hydrogen-bond acceptors (Lipinski definition) is 5. The zero-order valence-electron chi connectivity index (χ0n) is 13.1. The summed E-state index contributed by atoms with van der Waals surface area (Å²) in [6.45, 7) is 2.03. The Morgan fingerprint density at radius 3 is 2.80 bits per heavy atom. The third kappa shape index (κ3) is 3.14. The number of hydrogen-bond donors (Lipinski definition) is 2. The highest BCUT2D eigenvalue weighted by atomic mass is 35.5. The van der Waals surface area contributed by atoms with E-state index in [-0.39, 0.29) is 0 Å². The normalized spacial score (nSPS) is 11.6. The topological polar surface area (TPSA) is 78.9 Å². The van der Waals surface area contributed by atoms with Gasteiger partial charge in [0.1, 0.15) is 5.52 Å². The largest absolute Gasteiger partial charge is 0.338 e. The first-order valence-corrected chi connectivity index (χ1v) is 8.22. The van der Waals surface area contributed by atoms with E-state index in [4.69, 9.17) is 23.2 Å². The minimum atomic E-state index is 0.298. The molecule has 6 nitrogen and oxygen atoms in total. The second-order valence-electron chi connectivity index (χ2n) is 5.55. The fourth-order valence-corrected chi connectivity index (χ4v) is 2.80. The Kier molecular flexibility index (Phi) is 3.99. The Morgan fingerprint density at radius 1 is 1.08 bits per heavy atom. The number of aryl methyl sites for hydroxylation is 1. The van der Waals surface area contributed by atoms with Crippen LogP contribution in [0.5, 0.6) is 0 Å². The van der Waals surface area contributed by atoms with E-state index in [1.165, 1.54) is 0 Å². The third-order valence-corrected chi connectivity index (χ3v) is 4.43. The van der Waals surface area contributed by atoms with Crippen molar-refractivity contribution in [3.63, 3.8) is 0 Å². The van der Waals surface area contributed by atoms with Crippen molar-refractivity contribution >= 4 is 57.4 Å². The van der Waals surface area contributed by atoms with Crippen molar-refractivity contribution in [2.24, 2.45) is 5.10 Å². The molecule has 0 amide bonds. The van der Waals surface area contributed by atoms with Crippen LogP contribution >= 0.6 is 23.2 Å². The molecule has 8 heteroatoms. The summed E-state index contributed by atoms with van der Waals surface area (Å²) >= 11 is 11.9. The van der Waals surface area contributed by atoms with E-state index in [1.807, 2.05) is 25.1 Å². The summed E-state index contributed by atoms with van der Waals surface area (Å²) in [7, 11) is 0. The van der Waals surface area contributed by atoms with E-state index in [2.05, 4.69) is 36.8 Å². The number of aromatic amines is 1. The number of halogens is 2. The van der Waals surface area contributed by atoms with E-state index in [9.17, 15) is 0 Å². The van der Waals surface area contributed by atoms with Gasteiger partial charge in [0.05, 0.1) is 16.3 Å². The minimum Gasteiger partial charge on any atom is -0.338 e. The second kappa shape index (κ2) is 6.31. The fraction of sp³-hybridized carbons (Fsp3) is 0.0588. The van der Waals surface area contributed by atoms with E-state index in [1.54, 1.807) is 18.3 Å². The summed E-state index contributed by atoms with van der Waals surface area (Å²) in [6, 6.07) is 11.3. The van der Waals surface area contributed by atoms with Gasteiger partial charge in [-0.15, -0.1) is 10.2 Å². The average Bonchev–Trinajstić information content (AvgIpc) is 2.95. The van der Waals surface area contributed by atoms with Gasteiger partial charge in [-0.25, -0.2) is 5.43 Å². The van der Waals surface area contributed by atoms with Crippen LogP contribution in [0.3, 0.4) is 0 Å². The summed E-state index contributed by atoms with van der Waals surface area (Å²) in [5, 5.41) is 14.4. The summed E-state index contributed by atoms with van der Waals surface area (Å²) < 4.78 is 0. The molecule has 0 unspecified atom stereocenters. The van der Waals surface area contributed by atoms with E-state index in [0.29, 0.717) is 21.6 Å². The molecule has 0 aliphatic heterocycles. The molecule has 4 aromatic rings. The molecule has 0 atom stereocenters. The van der Waals surface area contributed by atoms with Gasteiger partial charge >= 0.3 is 0 Å². The Labute approximate surface area is 152 Å². The molecule has 124 valence electrons. The van der Waals surface area contributed by atoms with E-state index in [0.717, 1.165) is 27.5 Å². The van der Waals surface area contributed by atoms with Crippen LogP contribution in [0.1, 0.15) is 11.1 Å². The highest BCUT2D eigenvalue weighted by Crippen LogP contribution is 2.24. The maximum atomic E-state index is 5.97. The Hall–Kier alpha value is -2.70. The average molecular weight is 371 g/mol. The highest BCUT2D eigenvalue weighted by molar-refractivity contribution is 6.42. The van der Waals surface area contributed by atoms with Crippen LogP contribution in [0, 0.1) is 6.92 Å². The number of rotatable bonds is 3. The lowest BCUT2D eigenvalue weighted by Gasteiger charge is -1.99. The number of nitrogens with zero attached hydrogens (tertiary/aromatic N) is 4. The number of anilines is 1. The summed E-state index contributed by atoms with van der Waals surface area (Å²) in [6.07, 6.45) is 1.60. The summed E-state index contributed by atoms with van der Waals surface area (Å²) in [5.74, 6) is 0.298. The fourth-order valence-electron chi connectivity index (χ4n) is 2.49. The van der Waals surface area contributed by atoms with Gasteiger partial charge in [-0.1, -0.05) is 40.9 Å². The van der Waals surface area contributed by atoms with Gasteiger partial charge in [-0.3, -0.25) is 0 Å². The molecular formula is C17H12Cl2N6. The molecule has 0 bridgehead atoms. The monoisotopic (exact) mass is 370 g/mol. The summed E-state index contributed by atoms with van der Waals surface area (Å²) in [4.78, 5) is 7.63. The first-order valence-electron chi connectivity index (χ1n) is 7.47. The quantitative estimate of drug-likeness (QED) is 0.409. The van der Waals surface area contributed by atoms with Crippen molar-refractivity contribution in [1.82, 2.24) is 20.2 Å². The van der Waals surface area contributed by atoms with Crippen LogP contribution in [0.25, 0.3) is 22.1 Å². The van der Waals surface area contributed by atoms with Crippen LogP contribution in [-0.4, -0.2) is 26.4 Å². The molecule has 2 aromatic carbocycles. The van der Waals surface area contributed by atoms with Crippen molar-refractivity contribution in [3.8, 4) is 0 Å². The van der Waals surface area contributed by atoms with Crippen molar-refractivity contribution in [1.29, 1.82) is 0 Å². The number of benzene rings is 2. The Morgan fingerprint density at radius 2 is 1.96 bits per heavy atom. The van der Waals surface area contributed by atoms with Gasteiger partial charge in [0.15, 0.2) is 5.65 Å². The maximum Gasteiger partial charge on any atom is 0.265 e. The Balaban J connectivity index is 1.60. The van der Waals surface area contributed by atoms with Gasteiger partial charge in [-0.05, 0) is 36.8 Å². The third-order valence-electron chi connectivity index (χ3n) is 3.69. The van der Waals surface area contributed by atoms with Gasteiger partial charge in [0.2, 0.25) is 0 Å². The van der Waals surface area contributed by atoms with Crippen LogP contribution in [0.15, 0.2) is 41.5 Å². The van der Waals surface area contributed by atoms with Crippen LogP contribution < -0.4 is 5.43 Å². The van der Waals surface area contributed by atoms with Crippen LogP contribution in [0.4, 0.5) is 5.95 Å². The molecule has 2 heterocycles. The zero-order valence-corrected chi connectivity index (χ0v) is 14.6. The van der Waals surface area contributed by atoms with Gasteiger partial charge < -0.3 is 4.98 Å². The molecule has 0 spiro atoms. The van der Waals surface area contributed by atoms with Gasteiger partial charge in [-0.2, -0.15) is 10.1 Å². The van der Waals surface area contributed by atoms with Crippen LogP contribution in [-0.2, 0) is 0 Å². The molecule has 0 aliphatic carbocycles. The number of nitrogens with one attached hydrogen (secondary N) is 2. The highest BCUT2D eigenvalue weighted by Gasteiger charge is 2.08. The lowest BCUT2D eigenvalue weighted by atomic mass is 10.2. The molecule has 25 heavy (non-hydrogen) atoms. The minimum absolute atomic E-state index is 0.298. The molecule has 0 aliphatic rings. The molecule has 4 rings (SSSR count). The summed E-state index contributed by atoms with van der Waals surface area (Å²) in [5.41, 5.74) is 7.08. The SMILES string of the molecule is Cc1ccc2[nH]c3nc(N/N=C/c4ccc(Cl)c(Cl)c4)nnc3c2c1. The van der Waals surface area contributed by atoms with Crippen LogP contribution in [0.2, 0.25) is 10.0 Å². The molecule has 0 fully saturated rings. The molecule has 0 radical (unpaired) electrons. The van der Waals surface area contributed by atoms with Gasteiger partial charge in [0.25, 0.3) is 5.95 Å². The number of H-pyrrole nitrogens is 1. The number of fused-ring (bicyclic) bond motifs is 3. The predicted octanol–water partition coefficient (Wildman–Crippen LogP) is 4.57. The van der Waals surface area contributed by atoms with E-state index >= 15 is 0 Å². The number of hydrazone groups is 1. The molecule has 2 aromatic heterocycles. The maximum absolute atomic E-state index is 5.97. The number of aromatic nitrogens is 4. The lowest BCUT2D eigenvalue weighted by molar-refractivity contribution is 1.01. The standard InChI is InChI=1S/C17H12Cl2N6/c1-9-2-5-14-11(6-9)15-16(21-14)22-17(25-23-15)24-20-8-10-3-4-12(18)13(19)7-10/h2-8H,1H3,(H2,21,22,24,25)/b20-8+. The van der Waals surface area contributed by atoms with Crippen molar-refractivity contribution in [2.45, 2.75) is 6.92 Å². The molecule has 0 saturated heterocycles. The molecule has 2 N–H and O–H groups in total. The first kappa shape index (κ1) is 15.8. The van der Waals surface area contributed by atoms with Gasteiger partial charge in [0, 0.05) is 10.9 Å². The molecular weight excluding hydrogens is 359 g/mol. The van der Waals surface area contributed by atoms with E-state index < -0.39 is 0 Å². The van der Waals surface area contributed by atoms with Crippen molar-refractivity contribution < 1.29 is 0 Å². The first-order chi connectivity index (χ1) is 12.1. The predicted molar refractivity (Wildman–Crippen MR) is 102 cm³/mol. The van der Waals surface area contributed by atoms with Crippen molar-refractivity contribution in [3.05, 3.63) is 57.6 Å². The van der Waals surface area contributed by atoms with Crippen molar-refractivity contribution in [2.75, 3.05) is 5.43 Å². The smallest absolute Gasteiger partial charge is 0.265 e. The Bertz CT molecular complexity index is 1120. The molecule has 0 saturated carbocycles. The lowest BCUT2D eigenvalue weighted by Crippen LogP contribution is -1.99.